The Labute approximate surface area is 241 Å². The Morgan fingerprint density at radius 3 is 2.07 bits per heavy atom. The number of amides is 1. The number of piperazine rings is 1. The number of methoxy groups -OCH3 is 3. The quantitative estimate of drug-likeness (QED) is 0.273. The molecule has 0 radical (unpaired) electrons. The third-order valence-electron chi connectivity index (χ3n) is 8.11. The van der Waals surface area contributed by atoms with Crippen LogP contribution < -0.4 is 19.1 Å². The van der Waals surface area contributed by atoms with Crippen LogP contribution in [0.5, 0.6) is 17.2 Å². The van der Waals surface area contributed by atoms with E-state index in [4.69, 9.17) is 14.2 Å². The fourth-order valence-corrected chi connectivity index (χ4v) is 5.90. The summed E-state index contributed by atoms with van der Waals surface area (Å²) in [5.41, 5.74) is 1.32. The lowest BCUT2D eigenvalue weighted by molar-refractivity contribution is -0.139. The molecule has 0 bridgehead atoms. The van der Waals surface area contributed by atoms with E-state index in [1.165, 1.54) is 0 Å². The summed E-state index contributed by atoms with van der Waals surface area (Å²) in [6.07, 6.45) is 0. The first-order valence-electron chi connectivity index (χ1n) is 13.7. The molecule has 7 nitrogen and oxygen atoms in total. The number of para-hydroxylation sites is 1. The fraction of sp³-hybridized carbons (Fsp3) is 0.294. The van der Waals surface area contributed by atoms with Crippen LogP contribution in [0.2, 0.25) is 0 Å². The predicted octanol–water partition coefficient (Wildman–Crippen LogP) is 5.88. The van der Waals surface area contributed by atoms with Gasteiger partial charge in [0.05, 0.1) is 27.4 Å². The second kappa shape index (κ2) is 11.8. The van der Waals surface area contributed by atoms with Crippen LogP contribution in [0.4, 0.5) is 5.69 Å². The standard InChI is InChI=1S/C34H35N3O4/c1-34(23-35,33(38)37-18-16-36(17-19-37)25-20-26(39-2)22-27(21-25)40-3)32(30-13-7-8-15-31(30)41-4)29-14-9-11-24-10-5-6-12-28(24)29/h5-15,20-22,32H,16-19H2,1-4H3/t32?,34-/m1/s1. The number of hydrogen-bond acceptors (Lipinski definition) is 6. The highest BCUT2D eigenvalue weighted by Crippen LogP contribution is 2.47. The van der Waals surface area contributed by atoms with E-state index in [2.05, 4.69) is 29.2 Å². The predicted molar refractivity (Wildman–Crippen MR) is 161 cm³/mol. The van der Waals surface area contributed by atoms with Crippen molar-refractivity contribution in [1.29, 1.82) is 5.26 Å². The van der Waals surface area contributed by atoms with Crippen LogP contribution in [0.25, 0.3) is 10.8 Å². The van der Waals surface area contributed by atoms with E-state index in [1.54, 1.807) is 28.3 Å². The summed E-state index contributed by atoms with van der Waals surface area (Å²) in [5.74, 6) is 1.33. The van der Waals surface area contributed by atoms with E-state index in [-0.39, 0.29) is 5.91 Å². The van der Waals surface area contributed by atoms with Gasteiger partial charge in [0.25, 0.3) is 0 Å². The molecule has 1 amide bonds. The first-order chi connectivity index (χ1) is 19.9. The number of hydrogen-bond donors (Lipinski definition) is 0. The summed E-state index contributed by atoms with van der Waals surface area (Å²) >= 11 is 0. The third-order valence-corrected chi connectivity index (χ3v) is 8.11. The normalized spacial score (nSPS) is 15.5. The SMILES string of the molecule is COc1cc(OC)cc(N2CCN(C(=O)[C@](C)(C#N)C(c3ccccc3OC)c3cccc4ccccc34)CC2)c1. The highest BCUT2D eigenvalue weighted by atomic mass is 16.5. The van der Waals surface area contributed by atoms with Crippen molar-refractivity contribution in [2.75, 3.05) is 52.4 Å². The van der Waals surface area contributed by atoms with E-state index in [0.29, 0.717) is 43.4 Å². The Kier molecular flexibility index (Phi) is 8.02. The van der Waals surface area contributed by atoms with E-state index < -0.39 is 11.3 Å². The van der Waals surface area contributed by atoms with Gasteiger partial charge >= 0.3 is 0 Å². The number of carbonyl (C=O) groups excluding carboxylic acids is 1. The van der Waals surface area contributed by atoms with Crippen LogP contribution in [0.15, 0.2) is 84.9 Å². The molecule has 0 N–H and O–H groups in total. The summed E-state index contributed by atoms with van der Waals surface area (Å²) in [7, 11) is 4.88. The van der Waals surface area contributed by atoms with Crippen LogP contribution >= 0.6 is 0 Å². The molecular weight excluding hydrogens is 514 g/mol. The number of nitriles is 1. The molecule has 7 heteroatoms. The second-order valence-electron chi connectivity index (χ2n) is 10.4. The molecule has 0 saturated carbocycles. The Morgan fingerprint density at radius 1 is 0.805 bits per heavy atom. The highest BCUT2D eigenvalue weighted by molar-refractivity contribution is 5.91. The molecule has 41 heavy (non-hydrogen) atoms. The van der Waals surface area contributed by atoms with Gasteiger partial charge in [-0.1, -0.05) is 60.7 Å². The summed E-state index contributed by atoms with van der Waals surface area (Å²) in [5, 5.41) is 12.9. The second-order valence-corrected chi connectivity index (χ2v) is 10.4. The van der Waals surface area contributed by atoms with Crippen molar-refractivity contribution in [3.8, 4) is 23.3 Å². The van der Waals surface area contributed by atoms with Crippen LogP contribution in [0.1, 0.15) is 24.0 Å². The number of nitrogens with zero attached hydrogens (tertiary/aromatic N) is 3. The maximum absolute atomic E-state index is 14.4. The van der Waals surface area contributed by atoms with Gasteiger partial charge in [0.1, 0.15) is 22.7 Å². The topological polar surface area (TPSA) is 75.0 Å². The number of anilines is 1. The van der Waals surface area contributed by atoms with Crippen LogP contribution in [-0.2, 0) is 4.79 Å². The minimum Gasteiger partial charge on any atom is -0.497 e. The molecule has 4 aromatic rings. The smallest absolute Gasteiger partial charge is 0.243 e. The Bertz CT molecular complexity index is 1560. The van der Waals surface area contributed by atoms with Gasteiger partial charge in [-0.25, -0.2) is 0 Å². The molecule has 1 aliphatic rings. The van der Waals surface area contributed by atoms with Gasteiger partial charge in [-0.05, 0) is 29.3 Å². The zero-order valence-corrected chi connectivity index (χ0v) is 24.0. The van der Waals surface area contributed by atoms with Crippen LogP contribution in [0, 0.1) is 16.7 Å². The number of carbonyl (C=O) groups is 1. The molecule has 0 aromatic heterocycles. The van der Waals surface area contributed by atoms with Gasteiger partial charge in [0.15, 0.2) is 0 Å². The van der Waals surface area contributed by atoms with E-state index >= 15 is 0 Å². The fourth-order valence-electron chi connectivity index (χ4n) is 5.90. The minimum atomic E-state index is -1.39. The average molecular weight is 550 g/mol. The van der Waals surface area contributed by atoms with Crippen molar-refractivity contribution in [1.82, 2.24) is 4.90 Å². The van der Waals surface area contributed by atoms with Crippen molar-refractivity contribution >= 4 is 22.4 Å². The molecule has 1 saturated heterocycles. The molecular formula is C34H35N3O4. The molecule has 1 aliphatic heterocycles. The lowest BCUT2D eigenvalue weighted by Gasteiger charge is -2.41. The van der Waals surface area contributed by atoms with Crippen molar-refractivity contribution in [2.24, 2.45) is 5.41 Å². The largest absolute Gasteiger partial charge is 0.497 e. The molecule has 2 atom stereocenters. The third kappa shape index (κ3) is 5.26. The first-order valence-corrected chi connectivity index (χ1v) is 13.7. The monoisotopic (exact) mass is 549 g/mol. The number of ether oxygens (including phenoxy) is 3. The van der Waals surface area contributed by atoms with Gasteiger partial charge in [0, 0.05) is 61.5 Å². The van der Waals surface area contributed by atoms with Gasteiger partial charge < -0.3 is 24.0 Å². The van der Waals surface area contributed by atoms with E-state index in [0.717, 1.165) is 27.6 Å². The average Bonchev–Trinajstić information content (AvgIpc) is 3.04. The minimum absolute atomic E-state index is 0.188. The molecule has 1 unspecified atom stereocenters. The van der Waals surface area contributed by atoms with Crippen LogP contribution in [-0.4, -0.2) is 58.3 Å². The van der Waals surface area contributed by atoms with Crippen molar-refractivity contribution in [2.45, 2.75) is 12.8 Å². The molecule has 5 rings (SSSR count). The Hall–Kier alpha value is -4.70. The summed E-state index contributed by atoms with van der Waals surface area (Å²) < 4.78 is 16.7. The van der Waals surface area contributed by atoms with Crippen LogP contribution in [0.3, 0.4) is 0 Å². The zero-order chi connectivity index (χ0) is 29.0. The summed E-state index contributed by atoms with van der Waals surface area (Å²) in [4.78, 5) is 18.5. The lowest BCUT2D eigenvalue weighted by Crippen LogP contribution is -2.53. The van der Waals surface area contributed by atoms with Crippen molar-refractivity contribution < 1.29 is 19.0 Å². The molecule has 1 heterocycles. The maximum Gasteiger partial charge on any atom is 0.243 e. The molecule has 1 fully saturated rings. The molecule has 4 aromatic carbocycles. The van der Waals surface area contributed by atoms with Crippen molar-refractivity contribution in [3.05, 3.63) is 96.1 Å². The van der Waals surface area contributed by atoms with Gasteiger partial charge in [-0.3, -0.25) is 4.79 Å². The van der Waals surface area contributed by atoms with E-state index in [9.17, 15) is 10.1 Å². The first kappa shape index (κ1) is 27.9. The zero-order valence-electron chi connectivity index (χ0n) is 24.0. The summed E-state index contributed by atoms with van der Waals surface area (Å²) in [6.45, 7) is 4.00. The van der Waals surface area contributed by atoms with Gasteiger partial charge in [-0.15, -0.1) is 0 Å². The Morgan fingerprint density at radius 2 is 1.41 bits per heavy atom. The Balaban J connectivity index is 1.51. The molecule has 0 spiro atoms. The highest BCUT2D eigenvalue weighted by Gasteiger charge is 2.47. The maximum atomic E-state index is 14.4. The number of rotatable bonds is 8. The molecule has 0 aliphatic carbocycles. The number of fused-ring (bicyclic) bond motifs is 1. The summed E-state index contributed by atoms with van der Waals surface area (Å²) in [6, 6.07) is 30.1. The molecule has 210 valence electrons. The van der Waals surface area contributed by atoms with Crippen molar-refractivity contribution in [3.63, 3.8) is 0 Å². The lowest BCUT2D eigenvalue weighted by atomic mass is 9.68. The van der Waals surface area contributed by atoms with Gasteiger partial charge in [0.2, 0.25) is 5.91 Å². The van der Waals surface area contributed by atoms with Gasteiger partial charge in [-0.2, -0.15) is 5.26 Å². The van der Waals surface area contributed by atoms with E-state index in [1.807, 2.05) is 71.6 Å². The number of benzene rings is 4.